The van der Waals surface area contributed by atoms with Gasteiger partial charge in [0.2, 0.25) is 5.91 Å². The van der Waals surface area contributed by atoms with E-state index in [0.29, 0.717) is 6.42 Å². The standard InChI is InChI=1S/C24H35N3O2/c1-3-17-15-21(28)25-26-22(17)23(2)9-8-20-18(16-23)7-10-24(29-20)11-13-27(14-12-24)19-5-4-6-19/h8,16-17,19H,3-7,9-15H2,1-2H3,(H,25,28). The van der Waals surface area contributed by atoms with Crippen molar-refractivity contribution in [2.75, 3.05) is 13.1 Å². The molecule has 3 heterocycles. The molecule has 2 atom stereocenters. The molecule has 2 aliphatic carbocycles. The average molecular weight is 398 g/mol. The van der Waals surface area contributed by atoms with Gasteiger partial charge in [0, 0.05) is 36.9 Å². The topological polar surface area (TPSA) is 53.9 Å². The van der Waals surface area contributed by atoms with Crippen LogP contribution in [0.5, 0.6) is 0 Å². The first-order valence-electron chi connectivity index (χ1n) is 11.7. The van der Waals surface area contributed by atoms with Crippen molar-refractivity contribution >= 4 is 11.6 Å². The monoisotopic (exact) mass is 397 g/mol. The van der Waals surface area contributed by atoms with Gasteiger partial charge in [0.05, 0.1) is 5.71 Å². The molecule has 29 heavy (non-hydrogen) atoms. The number of nitrogens with one attached hydrogen (secondary N) is 1. The summed E-state index contributed by atoms with van der Waals surface area (Å²) in [6.07, 6.45) is 15.9. The number of nitrogens with zero attached hydrogens (tertiary/aromatic N) is 2. The quantitative estimate of drug-likeness (QED) is 0.772. The van der Waals surface area contributed by atoms with Crippen molar-refractivity contribution in [1.82, 2.24) is 10.3 Å². The molecule has 158 valence electrons. The Labute approximate surface area is 174 Å². The molecule has 0 bridgehead atoms. The van der Waals surface area contributed by atoms with Gasteiger partial charge in [0.25, 0.3) is 0 Å². The van der Waals surface area contributed by atoms with Crippen LogP contribution in [0.15, 0.2) is 28.6 Å². The molecule has 5 aliphatic rings. The maximum atomic E-state index is 11.8. The molecule has 1 saturated carbocycles. The van der Waals surface area contributed by atoms with Gasteiger partial charge >= 0.3 is 0 Å². The molecule has 2 unspecified atom stereocenters. The first-order chi connectivity index (χ1) is 14.0. The number of carbonyl (C=O) groups excluding carboxylic acids is 1. The van der Waals surface area contributed by atoms with Gasteiger partial charge in [0.1, 0.15) is 11.4 Å². The summed E-state index contributed by atoms with van der Waals surface area (Å²) in [6.45, 7) is 6.82. The van der Waals surface area contributed by atoms with E-state index in [0.717, 1.165) is 43.2 Å². The molecule has 5 nitrogen and oxygen atoms in total. The molecule has 0 radical (unpaired) electrons. The van der Waals surface area contributed by atoms with Crippen LogP contribution in [0.4, 0.5) is 0 Å². The molecule has 3 fully saturated rings. The van der Waals surface area contributed by atoms with E-state index in [1.807, 2.05) is 0 Å². The second kappa shape index (κ2) is 7.26. The lowest BCUT2D eigenvalue weighted by atomic mass is 9.69. The molecule has 5 heteroatoms. The lowest BCUT2D eigenvalue weighted by Gasteiger charge is -2.49. The number of fused-ring (bicyclic) bond motifs is 1. The van der Waals surface area contributed by atoms with Gasteiger partial charge in [-0.2, -0.15) is 5.10 Å². The van der Waals surface area contributed by atoms with Crippen LogP contribution in [0, 0.1) is 11.3 Å². The number of piperidine rings is 1. The third-order valence-corrected chi connectivity index (χ3v) is 8.20. The summed E-state index contributed by atoms with van der Waals surface area (Å²) in [7, 11) is 0. The number of ether oxygens (including phenoxy) is 1. The van der Waals surface area contributed by atoms with Gasteiger partial charge in [-0.3, -0.25) is 4.79 Å². The van der Waals surface area contributed by atoms with E-state index in [1.165, 1.54) is 50.8 Å². The van der Waals surface area contributed by atoms with E-state index in [2.05, 4.69) is 41.4 Å². The fourth-order valence-corrected chi connectivity index (χ4v) is 5.99. The molecular formula is C24H35N3O2. The third-order valence-electron chi connectivity index (χ3n) is 8.20. The Morgan fingerprint density at radius 1 is 1.28 bits per heavy atom. The maximum absolute atomic E-state index is 11.8. The Morgan fingerprint density at radius 3 is 2.76 bits per heavy atom. The van der Waals surface area contributed by atoms with Crippen LogP contribution in [0.3, 0.4) is 0 Å². The average Bonchev–Trinajstić information content (AvgIpc) is 2.69. The second-order valence-corrected chi connectivity index (χ2v) is 10.1. The molecule has 1 spiro atoms. The Morgan fingerprint density at radius 2 is 2.07 bits per heavy atom. The lowest BCUT2D eigenvalue weighted by Crippen LogP contribution is -2.52. The second-order valence-electron chi connectivity index (χ2n) is 10.1. The van der Waals surface area contributed by atoms with Crippen molar-refractivity contribution in [1.29, 1.82) is 0 Å². The van der Waals surface area contributed by atoms with Gasteiger partial charge in [-0.15, -0.1) is 0 Å². The van der Waals surface area contributed by atoms with Crippen molar-refractivity contribution in [2.24, 2.45) is 16.4 Å². The van der Waals surface area contributed by atoms with Gasteiger partial charge in [-0.25, -0.2) is 5.43 Å². The molecule has 0 aromatic carbocycles. The minimum absolute atomic E-state index is 0.0417. The molecule has 0 aromatic heterocycles. The number of hydrogen-bond donors (Lipinski definition) is 1. The molecule has 5 rings (SSSR count). The number of likely N-dealkylation sites (tertiary alicyclic amines) is 1. The molecule has 1 N–H and O–H groups in total. The highest BCUT2D eigenvalue weighted by Crippen LogP contribution is 2.47. The molecular weight excluding hydrogens is 362 g/mol. The van der Waals surface area contributed by atoms with E-state index < -0.39 is 0 Å². The third kappa shape index (κ3) is 3.45. The fraction of sp³-hybridized carbons (Fsp3) is 0.750. The zero-order valence-corrected chi connectivity index (χ0v) is 18.0. The summed E-state index contributed by atoms with van der Waals surface area (Å²) in [5.41, 5.74) is 5.15. The van der Waals surface area contributed by atoms with E-state index in [1.54, 1.807) is 0 Å². The summed E-state index contributed by atoms with van der Waals surface area (Å²) >= 11 is 0. The smallest absolute Gasteiger partial charge is 0.240 e. The molecule has 1 amide bonds. The van der Waals surface area contributed by atoms with Crippen molar-refractivity contribution in [2.45, 2.75) is 89.7 Å². The zero-order valence-electron chi connectivity index (χ0n) is 18.0. The predicted molar refractivity (Wildman–Crippen MR) is 114 cm³/mol. The summed E-state index contributed by atoms with van der Waals surface area (Å²) in [4.78, 5) is 14.5. The van der Waals surface area contributed by atoms with Crippen LogP contribution in [-0.4, -0.2) is 41.3 Å². The van der Waals surface area contributed by atoms with Gasteiger partial charge in [0.15, 0.2) is 0 Å². The predicted octanol–water partition coefficient (Wildman–Crippen LogP) is 4.31. The van der Waals surface area contributed by atoms with Crippen LogP contribution in [0.2, 0.25) is 0 Å². The Kier molecular flexibility index (Phi) is 4.84. The van der Waals surface area contributed by atoms with Gasteiger partial charge in [-0.1, -0.05) is 26.3 Å². The SMILES string of the molecule is CCC1CC(=O)NN=C1C1(C)C=C2CCC3(CCN(C4CCC4)CC3)OC2=CC1. The fourth-order valence-electron chi connectivity index (χ4n) is 5.99. The van der Waals surface area contributed by atoms with Crippen LogP contribution in [0.1, 0.15) is 78.1 Å². The molecule has 2 saturated heterocycles. The van der Waals surface area contributed by atoms with Crippen LogP contribution in [-0.2, 0) is 9.53 Å². The van der Waals surface area contributed by atoms with Gasteiger partial charge < -0.3 is 9.64 Å². The maximum Gasteiger partial charge on any atom is 0.240 e. The van der Waals surface area contributed by atoms with Gasteiger partial charge in [-0.05, 0) is 63.0 Å². The number of carbonyl (C=O) groups is 1. The van der Waals surface area contributed by atoms with E-state index >= 15 is 0 Å². The highest BCUT2D eigenvalue weighted by atomic mass is 16.5. The lowest BCUT2D eigenvalue weighted by molar-refractivity contribution is -0.122. The molecule has 3 aliphatic heterocycles. The number of hydrogen-bond acceptors (Lipinski definition) is 4. The van der Waals surface area contributed by atoms with Crippen LogP contribution in [0.25, 0.3) is 0 Å². The van der Waals surface area contributed by atoms with E-state index in [9.17, 15) is 4.79 Å². The highest BCUT2D eigenvalue weighted by Gasteiger charge is 2.45. The Bertz CT molecular complexity index is 771. The van der Waals surface area contributed by atoms with Crippen LogP contribution < -0.4 is 5.43 Å². The van der Waals surface area contributed by atoms with Crippen LogP contribution >= 0.6 is 0 Å². The first kappa shape index (κ1) is 19.3. The van der Waals surface area contributed by atoms with Crippen molar-refractivity contribution in [3.8, 4) is 0 Å². The minimum Gasteiger partial charge on any atom is -0.487 e. The highest BCUT2D eigenvalue weighted by molar-refractivity contribution is 5.99. The normalized spacial score (nSPS) is 34.9. The first-order valence-corrected chi connectivity index (χ1v) is 11.7. The number of rotatable bonds is 3. The number of hydrazone groups is 1. The van der Waals surface area contributed by atoms with E-state index in [4.69, 9.17) is 4.74 Å². The zero-order chi connectivity index (χ0) is 20.1. The summed E-state index contributed by atoms with van der Waals surface area (Å²) in [5, 5.41) is 4.51. The largest absolute Gasteiger partial charge is 0.487 e. The summed E-state index contributed by atoms with van der Waals surface area (Å²) in [5.74, 6) is 1.41. The minimum atomic E-state index is -0.116. The Balaban J connectivity index is 1.29. The number of amides is 1. The number of allylic oxidation sites excluding steroid dienone is 3. The van der Waals surface area contributed by atoms with Crippen molar-refractivity contribution in [3.05, 3.63) is 23.5 Å². The summed E-state index contributed by atoms with van der Waals surface area (Å²) in [6, 6.07) is 0.851. The van der Waals surface area contributed by atoms with E-state index in [-0.39, 0.29) is 22.8 Å². The Hall–Kier alpha value is -1.62. The van der Waals surface area contributed by atoms with Crippen molar-refractivity contribution in [3.63, 3.8) is 0 Å². The summed E-state index contributed by atoms with van der Waals surface area (Å²) < 4.78 is 6.71. The molecule has 0 aromatic rings. The van der Waals surface area contributed by atoms with Crippen molar-refractivity contribution < 1.29 is 9.53 Å².